The number of hydrogen-bond acceptors (Lipinski definition) is 6. The monoisotopic (exact) mass is 472 g/mol. The van der Waals surface area contributed by atoms with Crippen LogP contribution in [-0.2, 0) is 14.4 Å². The molecule has 0 fully saturated rings. The maximum Gasteiger partial charge on any atom is 0.313 e. The summed E-state index contributed by atoms with van der Waals surface area (Å²) in [4.78, 5) is 39.6. The van der Waals surface area contributed by atoms with E-state index in [-0.39, 0.29) is 12.4 Å². The van der Waals surface area contributed by atoms with E-state index in [0.29, 0.717) is 38.9 Å². The topological polar surface area (TPSA) is 120 Å². The lowest BCUT2D eigenvalue weighted by atomic mass is 10.2. The molecule has 0 radical (unpaired) electrons. The van der Waals surface area contributed by atoms with Gasteiger partial charge in [0.2, 0.25) is 6.41 Å². The number of aliphatic hydroxyl groups is 1. The molecule has 1 aromatic heterocycles. The Bertz CT molecular complexity index is 1100. The van der Waals surface area contributed by atoms with Crippen molar-refractivity contribution in [3.05, 3.63) is 64.9 Å². The molecule has 10 heteroatoms. The van der Waals surface area contributed by atoms with Gasteiger partial charge in [0, 0.05) is 23.5 Å². The second kappa shape index (κ2) is 12.4. The van der Waals surface area contributed by atoms with Gasteiger partial charge in [-0.3, -0.25) is 14.4 Å². The maximum absolute atomic E-state index is 13.1. The molecule has 3 aromatic rings. The van der Waals surface area contributed by atoms with E-state index in [0.717, 1.165) is 0 Å². The molecule has 0 saturated heterocycles. The van der Waals surface area contributed by atoms with Crippen LogP contribution in [0.2, 0.25) is 0 Å². The zero-order chi connectivity index (χ0) is 24.4. The van der Waals surface area contributed by atoms with E-state index in [1.807, 2.05) is 13.8 Å². The van der Waals surface area contributed by atoms with Crippen molar-refractivity contribution in [2.24, 2.45) is 0 Å². The number of amides is 3. The number of rotatable bonds is 7. The summed E-state index contributed by atoms with van der Waals surface area (Å²) in [5, 5.41) is 18.3. The van der Waals surface area contributed by atoms with Gasteiger partial charge in [0.25, 0.3) is 0 Å². The molecule has 1 heterocycles. The van der Waals surface area contributed by atoms with Gasteiger partial charge in [-0.15, -0.1) is 11.3 Å². The van der Waals surface area contributed by atoms with Gasteiger partial charge in [0.15, 0.2) is 0 Å². The minimum Gasteiger partial charge on any atom is -0.386 e. The maximum atomic E-state index is 13.1. The molecule has 3 rings (SSSR count). The fraction of sp³-hybridized carbons (Fsp3) is 0.217. The largest absolute Gasteiger partial charge is 0.386 e. The molecule has 0 aliphatic carbocycles. The van der Waals surface area contributed by atoms with Crippen molar-refractivity contribution >= 4 is 40.9 Å². The molecule has 0 aliphatic rings. The summed E-state index contributed by atoms with van der Waals surface area (Å²) in [7, 11) is 0. The van der Waals surface area contributed by atoms with Crippen LogP contribution < -0.4 is 16.0 Å². The Balaban J connectivity index is 0.00000187. The highest BCUT2D eigenvalue weighted by Gasteiger charge is 2.20. The number of anilines is 2. The SMILES string of the molecule is CC.Cc1nc(-c2ccc(F)cc2)sc1C(O)CNC(=O)C(=O)Nc1cccc(NC=O)c1. The van der Waals surface area contributed by atoms with Crippen LogP contribution in [0.3, 0.4) is 0 Å². The highest BCUT2D eigenvalue weighted by atomic mass is 32.1. The fourth-order valence-corrected chi connectivity index (χ4v) is 3.80. The molecule has 3 amide bonds. The van der Waals surface area contributed by atoms with Crippen LogP contribution in [0.15, 0.2) is 48.5 Å². The average molecular weight is 473 g/mol. The van der Waals surface area contributed by atoms with Crippen LogP contribution in [0.4, 0.5) is 15.8 Å². The Morgan fingerprint density at radius 2 is 1.79 bits per heavy atom. The molecule has 0 saturated carbocycles. The second-order valence-corrected chi connectivity index (χ2v) is 7.53. The highest BCUT2D eigenvalue weighted by molar-refractivity contribution is 7.15. The number of hydrogen-bond donors (Lipinski definition) is 4. The molecule has 8 nitrogen and oxygen atoms in total. The van der Waals surface area contributed by atoms with E-state index in [1.165, 1.54) is 29.5 Å². The third kappa shape index (κ3) is 7.19. The third-order valence-electron chi connectivity index (χ3n) is 4.23. The first-order valence-corrected chi connectivity index (χ1v) is 11.0. The van der Waals surface area contributed by atoms with Crippen LogP contribution in [0.5, 0.6) is 0 Å². The van der Waals surface area contributed by atoms with Gasteiger partial charge in [0.05, 0.1) is 10.6 Å². The summed E-state index contributed by atoms with van der Waals surface area (Å²) >= 11 is 1.22. The molecule has 4 N–H and O–H groups in total. The quantitative estimate of drug-likeness (QED) is 0.309. The number of halogens is 1. The van der Waals surface area contributed by atoms with Crippen molar-refractivity contribution in [3.8, 4) is 10.6 Å². The molecule has 2 aromatic carbocycles. The van der Waals surface area contributed by atoms with Crippen molar-refractivity contribution < 1.29 is 23.9 Å². The van der Waals surface area contributed by atoms with Crippen molar-refractivity contribution in [1.82, 2.24) is 10.3 Å². The first-order chi connectivity index (χ1) is 15.9. The number of nitrogens with one attached hydrogen (secondary N) is 3. The zero-order valence-electron chi connectivity index (χ0n) is 18.4. The number of aromatic nitrogens is 1. The molecular formula is C23H25FN4O4S. The number of carbonyl (C=O) groups excluding carboxylic acids is 3. The summed E-state index contributed by atoms with van der Waals surface area (Å²) in [5.74, 6) is -2.19. The van der Waals surface area contributed by atoms with E-state index in [2.05, 4.69) is 20.9 Å². The third-order valence-corrected chi connectivity index (χ3v) is 5.54. The van der Waals surface area contributed by atoms with Crippen molar-refractivity contribution in [2.45, 2.75) is 26.9 Å². The van der Waals surface area contributed by atoms with Crippen molar-refractivity contribution in [1.29, 1.82) is 0 Å². The zero-order valence-corrected chi connectivity index (χ0v) is 19.2. The van der Waals surface area contributed by atoms with Crippen molar-refractivity contribution in [3.63, 3.8) is 0 Å². The number of aryl methyl sites for hydroxylation is 1. The van der Waals surface area contributed by atoms with Crippen LogP contribution >= 0.6 is 11.3 Å². The van der Waals surface area contributed by atoms with Crippen molar-refractivity contribution in [2.75, 3.05) is 17.2 Å². The number of nitrogens with zero attached hydrogens (tertiary/aromatic N) is 1. The normalized spacial score (nSPS) is 10.9. The summed E-state index contributed by atoms with van der Waals surface area (Å²) in [5.41, 5.74) is 2.08. The molecular weight excluding hydrogens is 447 g/mol. The average Bonchev–Trinajstić information content (AvgIpc) is 3.21. The summed E-state index contributed by atoms with van der Waals surface area (Å²) in [6, 6.07) is 12.1. The van der Waals surface area contributed by atoms with Gasteiger partial charge in [-0.05, 0) is 49.4 Å². The number of thiazole rings is 1. The lowest BCUT2D eigenvalue weighted by molar-refractivity contribution is -0.136. The minimum atomic E-state index is -1.07. The molecule has 0 spiro atoms. The Morgan fingerprint density at radius 1 is 1.12 bits per heavy atom. The molecule has 0 aliphatic heterocycles. The molecule has 33 heavy (non-hydrogen) atoms. The number of benzene rings is 2. The van der Waals surface area contributed by atoms with Crippen LogP contribution in [0.1, 0.15) is 30.5 Å². The first kappa shape index (κ1) is 25.6. The number of aliphatic hydroxyl groups excluding tert-OH is 1. The van der Waals surface area contributed by atoms with E-state index >= 15 is 0 Å². The van der Waals surface area contributed by atoms with Gasteiger partial charge >= 0.3 is 11.8 Å². The first-order valence-electron chi connectivity index (χ1n) is 10.2. The van der Waals surface area contributed by atoms with Crippen LogP contribution in [0.25, 0.3) is 10.6 Å². The molecule has 1 atom stereocenters. The standard InChI is InChI=1S/C21H19FN4O4S.C2H6/c1-12-18(31-21(25-12)13-5-7-14(22)8-6-13)17(28)10-23-19(29)20(30)26-16-4-2-3-15(9-16)24-11-27;1-2/h2-9,11,17,28H,10H2,1H3,(H,23,29)(H,24,27)(H,26,30);1-2H3. The second-order valence-electron chi connectivity index (χ2n) is 6.50. The summed E-state index contributed by atoms with van der Waals surface area (Å²) in [6.45, 7) is 5.53. The summed E-state index contributed by atoms with van der Waals surface area (Å²) < 4.78 is 13.1. The van der Waals surface area contributed by atoms with E-state index in [1.54, 1.807) is 37.3 Å². The van der Waals surface area contributed by atoms with E-state index in [4.69, 9.17) is 0 Å². The van der Waals surface area contributed by atoms with Gasteiger partial charge in [-0.25, -0.2) is 9.37 Å². The van der Waals surface area contributed by atoms with Crippen LogP contribution in [-0.4, -0.2) is 34.9 Å². The number of carbonyl (C=O) groups is 3. The lowest BCUT2D eigenvalue weighted by Crippen LogP contribution is -2.37. The van der Waals surface area contributed by atoms with E-state index in [9.17, 15) is 23.9 Å². The molecule has 174 valence electrons. The summed E-state index contributed by atoms with van der Waals surface area (Å²) in [6.07, 6.45) is -0.568. The van der Waals surface area contributed by atoms with Gasteiger partial charge in [-0.2, -0.15) is 0 Å². The van der Waals surface area contributed by atoms with E-state index < -0.39 is 17.9 Å². The molecule has 1 unspecified atom stereocenters. The predicted octanol–water partition coefficient (Wildman–Crippen LogP) is 3.64. The smallest absolute Gasteiger partial charge is 0.313 e. The lowest BCUT2D eigenvalue weighted by Gasteiger charge is -2.11. The van der Waals surface area contributed by atoms with Crippen LogP contribution in [0, 0.1) is 12.7 Å². The molecule has 0 bridgehead atoms. The Hall–Kier alpha value is -3.63. The Morgan fingerprint density at radius 3 is 2.45 bits per heavy atom. The van der Waals surface area contributed by atoms with Gasteiger partial charge in [-0.1, -0.05) is 19.9 Å². The Labute approximate surface area is 194 Å². The minimum absolute atomic E-state index is 0.190. The fourth-order valence-electron chi connectivity index (χ4n) is 2.74. The van der Waals surface area contributed by atoms with Gasteiger partial charge < -0.3 is 21.1 Å². The highest BCUT2D eigenvalue weighted by Crippen LogP contribution is 2.31. The predicted molar refractivity (Wildman–Crippen MR) is 126 cm³/mol. The van der Waals surface area contributed by atoms with Gasteiger partial charge in [0.1, 0.15) is 16.9 Å². The Kier molecular flexibility index (Phi) is 9.64.